The number of rotatable bonds is 4. The molecule has 0 aliphatic carbocycles. The summed E-state index contributed by atoms with van der Waals surface area (Å²) in [5, 5.41) is 0. The van der Waals surface area contributed by atoms with Crippen LogP contribution in [0.15, 0.2) is 29.2 Å². The van der Waals surface area contributed by atoms with Crippen molar-refractivity contribution in [1.29, 1.82) is 0 Å². The molecule has 21 heavy (non-hydrogen) atoms. The number of sulfonamides is 1. The molecule has 1 aromatic rings. The van der Waals surface area contributed by atoms with Crippen molar-refractivity contribution in [1.82, 2.24) is 4.31 Å². The van der Waals surface area contributed by atoms with E-state index >= 15 is 0 Å². The number of nitrogens with zero attached hydrogens (tertiary/aromatic N) is 1. The van der Waals surface area contributed by atoms with Gasteiger partial charge in [0.15, 0.2) is 0 Å². The van der Waals surface area contributed by atoms with Crippen molar-refractivity contribution >= 4 is 15.9 Å². The second-order valence-corrected chi connectivity index (χ2v) is 7.28. The molecule has 0 radical (unpaired) electrons. The number of carbonyl (C=O) groups excluding carboxylic acids is 1. The summed E-state index contributed by atoms with van der Waals surface area (Å²) in [6, 6.07) is 5.54. The van der Waals surface area contributed by atoms with Gasteiger partial charge < -0.3 is 11.5 Å². The van der Waals surface area contributed by atoms with Crippen LogP contribution in [-0.2, 0) is 14.8 Å². The van der Waals surface area contributed by atoms with Gasteiger partial charge in [-0.3, -0.25) is 4.79 Å². The van der Waals surface area contributed by atoms with E-state index in [9.17, 15) is 13.2 Å². The molecule has 1 heterocycles. The van der Waals surface area contributed by atoms with Gasteiger partial charge in [0.05, 0.1) is 4.90 Å². The fraction of sp³-hybridized carbons (Fsp3) is 0.500. The Kier molecular flexibility index (Phi) is 4.65. The highest BCUT2D eigenvalue weighted by molar-refractivity contribution is 7.89. The van der Waals surface area contributed by atoms with Crippen molar-refractivity contribution in [2.24, 2.45) is 11.5 Å². The van der Waals surface area contributed by atoms with E-state index in [0.29, 0.717) is 13.0 Å². The quantitative estimate of drug-likeness (QED) is 0.855. The first kappa shape index (κ1) is 15.9. The lowest BCUT2D eigenvalue weighted by Gasteiger charge is -2.32. The molecule has 2 atom stereocenters. The van der Waals surface area contributed by atoms with Crippen molar-refractivity contribution in [3.63, 3.8) is 0 Å². The third-order valence-corrected chi connectivity index (χ3v) is 5.72. The highest BCUT2D eigenvalue weighted by Crippen LogP contribution is 2.26. The number of nitrogens with two attached hydrogens (primary N) is 2. The minimum atomic E-state index is -3.71. The lowest BCUT2D eigenvalue weighted by molar-refractivity contribution is -0.122. The largest absolute Gasteiger partial charge is 0.368 e. The van der Waals surface area contributed by atoms with Gasteiger partial charge in [0, 0.05) is 12.6 Å². The molecule has 1 saturated heterocycles. The fourth-order valence-corrected chi connectivity index (χ4v) is 4.22. The predicted molar refractivity (Wildman–Crippen MR) is 79.8 cm³/mol. The van der Waals surface area contributed by atoms with Crippen LogP contribution in [0, 0.1) is 0 Å². The second kappa shape index (κ2) is 6.13. The van der Waals surface area contributed by atoms with Gasteiger partial charge in [-0.05, 0) is 37.5 Å². The highest BCUT2D eigenvalue weighted by atomic mass is 32.2. The third-order valence-electron chi connectivity index (χ3n) is 3.79. The molecule has 2 unspecified atom stereocenters. The predicted octanol–water partition coefficient (Wildman–Crippen LogP) is 0.735. The van der Waals surface area contributed by atoms with E-state index in [1.165, 1.54) is 16.4 Å². The summed E-state index contributed by atoms with van der Waals surface area (Å²) in [6.07, 6.45) is 2.02. The third kappa shape index (κ3) is 3.25. The van der Waals surface area contributed by atoms with Gasteiger partial charge in [-0.1, -0.05) is 18.6 Å². The molecule has 1 aliphatic rings. The zero-order chi connectivity index (χ0) is 15.6. The van der Waals surface area contributed by atoms with E-state index in [2.05, 4.69) is 0 Å². The van der Waals surface area contributed by atoms with Crippen LogP contribution in [0.2, 0.25) is 0 Å². The number of piperidine rings is 1. The molecule has 1 aromatic carbocycles. The standard InChI is InChI=1S/C14H21N3O3S/c1-10(15)11-5-7-12(8-6-11)21(19,20)17-9-3-2-4-13(17)14(16)18/h5-8,10,13H,2-4,9,15H2,1H3,(H2,16,18). The first-order valence-corrected chi connectivity index (χ1v) is 8.44. The van der Waals surface area contributed by atoms with Crippen LogP contribution in [0.5, 0.6) is 0 Å². The van der Waals surface area contributed by atoms with Gasteiger partial charge >= 0.3 is 0 Å². The molecule has 0 saturated carbocycles. The molecule has 6 nitrogen and oxygen atoms in total. The van der Waals surface area contributed by atoms with E-state index < -0.39 is 22.0 Å². The molecule has 4 N–H and O–H groups in total. The Labute approximate surface area is 125 Å². The Morgan fingerprint density at radius 3 is 2.43 bits per heavy atom. The zero-order valence-corrected chi connectivity index (χ0v) is 12.8. The summed E-state index contributed by atoms with van der Waals surface area (Å²) < 4.78 is 26.6. The minimum absolute atomic E-state index is 0.157. The van der Waals surface area contributed by atoms with Gasteiger partial charge in [0.25, 0.3) is 0 Å². The van der Waals surface area contributed by atoms with Crippen LogP contribution in [-0.4, -0.2) is 31.2 Å². The summed E-state index contributed by atoms with van der Waals surface area (Å²) in [5.74, 6) is -0.592. The van der Waals surface area contributed by atoms with Gasteiger partial charge in [0.2, 0.25) is 15.9 Å². The van der Waals surface area contributed by atoms with Crippen molar-refractivity contribution in [3.8, 4) is 0 Å². The maximum Gasteiger partial charge on any atom is 0.243 e. The Morgan fingerprint density at radius 2 is 1.90 bits per heavy atom. The molecule has 116 valence electrons. The van der Waals surface area contributed by atoms with Gasteiger partial charge in [-0.2, -0.15) is 4.31 Å². The molecule has 7 heteroatoms. The molecule has 1 aliphatic heterocycles. The van der Waals surface area contributed by atoms with Crippen LogP contribution in [0.1, 0.15) is 37.8 Å². The number of hydrogen-bond acceptors (Lipinski definition) is 4. The number of carbonyl (C=O) groups is 1. The number of amides is 1. The molecule has 1 amide bonds. The van der Waals surface area contributed by atoms with Crippen molar-refractivity contribution in [2.75, 3.05) is 6.54 Å². The van der Waals surface area contributed by atoms with Crippen LogP contribution in [0.25, 0.3) is 0 Å². The average molecular weight is 311 g/mol. The fourth-order valence-electron chi connectivity index (χ4n) is 2.56. The van der Waals surface area contributed by atoms with E-state index in [0.717, 1.165) is 18.4 Å². The van der Waals surface area contributed by atoms with Crippen LogP contribution >= 0.6 is 0 Å². The topological polar surface area (TPSA) is 106 Å². The first-order valence-electron chi connectivity index (χ1n) is 7.00. The second-order valence-electron chi connectivity index (χ2n) is 5.39. The molecule has 0 aromatic heterocycles. The summed E-state index contributed by atoms with van der Waals surface area (Å²) in [4.78, 5) is 11.7. The van der Waals surface area contributed by atoms with E-state index in [1.807, 2.05) is 6.92 Å². The van der Waals surface area contributed by atoms with Crippen molar-refractivity contribution in [2.45, 2.75) is 43.2 Å². The van der Waals surface area contributed by atoms with Crippen LogP contribution < -0.4 is 11.5 Å². The monoisotopic (exact) mass is 311 g/mol. The van der Waals surface area contributed by atoms with E-state index in [4.69, 9.17) is 11.5 Å². The molecule has 1 fully saturated rings. The normalized spacial score (nSPS) is 21.9. The number of benzene rings is 1. The van der Waals surface area contributed by atoms with Gasteiger partial charge in [0.1, 0.15) is 6.04 Å². The lowest BCUT2D eigenvalue weighted by atomic mass is 10.0. The molecule has 0 spiro atoms. The van der Waals surface area contributed by atoms with Crippen molar-refractivity contribution in [3.05, 3.63) is 29.8 Å². The van der Waals surface area contributed by atoms with Crippen molar-refractivity contribution < 1.29 is 13.2 Å². The zero-order valence-electron chi connectivity index (χ0n) is 12.0. The Balaban J connectivity index is 2.33. The van der Waals surface area contributed by atoms with Gasteiger partial charge in [-0.25, -0.2) is 8.42 Å². The molecular weight excluding hydrogens is 290 g/mol. The summed E-state index contributed by atoms with van der Waals surface area (Å²) in [6.45, 7) is 2.16. The average Bonchev–Trinajstić information content (AvgIpc) is 2.47. The van der Waals surface area contributed by atoms with Gasteiger partial charge in [-0.15, -0.1) is 0 Å². The van der Waals surface area contributed by atoms with E-state index in [1.54, 1.807) is 12.1 Å². The minimum Gasteiger partial charge on any atom is -0.368 e. The van der Waals surface area contributed by atoms with E-state index in [-0.39, 0.29) is 10.9 Å². The van der Waals surface area contributed by atoms with Crippen LogP contribution in [0.4, 0.5) is 0 Å². The summed E-state index contributed by atoms with van der Waals surface area (Å²) >= 11 is 0. The molecule has 0 bridgehead atoms. The Hall–Kier alpha value is -1.44. The first-order chi connectivity index (χ1) is 9.84. The molecule has 2 rings (SSSR count). The Bertz CT molecular complexity index is 611. The summed E-state index contributed by atoms with van der Waals surface area (Å²) in [5.41, 5.74) is 12.0. The summed E-state index contributed by atoms with van der Waals surface area (Å²) in [7, 11) is -3.71. The maximum absolute atomic E-state index is 12.7. The number of hydrogen-bond donors (Lipinski definition) is 2. The maximum atomic E-state index is 12.7. The Morgan fingerprint density at radius 1 is 1.29 bits per heavy atom. The lowest BCUT2D eigenvalue weighted by Crippen LogP contribution is -2.50. The SMILES string of the molecule is CC(N)c1ccc(S(=O)(=O)N2CCCCC2C(N)=O)cc1. The smallest absolute Gasteiger partial charge is 0.243 e. The number of primary amides is 1. The highest BCUT2D eigenvalue weighted by Gasteiger charge is 2.36. The molecular formula is C14H21N3O3S. The van der Waals surface area contributed by atoms with Crippen LogP contribution in [0.3, 0.4) is 0 Å².